The molecule has 0 spiro atoms. The van der Waals surface area contributed by atoms with Crippen molar-refractivity contribution in [1.82, 2.24) is 19.8 Å². The lowest BCUT2D eigenvalue weighted by Crippen LogP contribution is -2.43. The molecule has 2 aromatic carbocycles. The van der Waals surface area contributed by atoms with Gasteiger partial charge in [-0.05, 0) is 65.7 Å². The highest BCUT2D eigenvalue weighted by Gasteiger charge is 2.25. The summed E-state index contributed by atoms with van der Waals surface area (Å²) in [5.74, 6) is 0.430. The van der Waals surface area contributed by atoms with Gasteiger partial charge in [-0.2, -0.15) is 9.97 Å². The molecule has 1 amide bonds. The molecule has 0 saturated carbocycles. The number of aromatic nitrogens is 2. The first-order valence-corrected chi connectivity index (χ1v) is 14.0. The molecule has 1 aliphatic rings. The summed E-state index contributed by atoms with van der Waals surface area (Å²) >= 11 is 0. The first-order chi connectivity index (χ1) is 19.5. The third-order valence-electron chi connectivity index (χ3n) is 7.63. The van der Waals surface area contributed by atoms with E-state index in [1.54, 1.807) is 4.90 Å². The van der Waals surface area contributed by atoms with Crippen molar-refractivity contribution in [3.63, 3.8) is 0 Å². The van der Waals surface area contributed by atoms with Crippen molar-refractivity contribution in [1.29, 1.82) is 0 Å². The highest BCUT2D eigenvalue weighted by molar-refractivity contribution is 5.94. The fraction of sp³-hybridized carbons (Fsp3) is 0.438. The van der Waals surface area contributed by atoms with E-state index in [0.29, 0.717) is 38.1 Å². The van der Waals surface area contributed by atoms with Crippen LogP contribution in [-0.4, -0.2) is 77.6 Å². The summed E-state index contributed by atoms with van der Waals surface area (Å²) in [6.07, 6.45) is 2.11. The molecule has 1 aliphatic heterocycles. The highest BCUT2D eigenvalue weighted by Crippen LogP contribution is 2.32. The largest absolute Gasteiger partial charge is 0.461 e. The molecule has 1 atom stereocenters. The van der Waals surface area contributed by atoms with Gasteiger partial charge in [-0.1, -0.05) is 43.0 Å². The molecule has 0 fully saturated rings. The lowest BCUT2D eigenvalue weighted by Gasteiger charge is -2.33. The van der Waals surface area contributed by atoms with Crippen LogP contribution in [0.2, 0.25) is 0 Å². The Bertz CT molecular complexity index is 1390. The molecular weight excluding hydrogens is 514 g/mol. The van der Waals surface area contributed by atoms with Gasteiger partial charge in [0.1, 0.15) is 18.5 Å². The molecule has 1 unspecified atom stereocenters. The van der Waals surface area contributed by atoms with Gasteiger partial charge in [0.25, 0.3) is 0 Å². The number of carbonyl (C=O) groups is 1. The number of amides is 1. The van der Waals surface area contributed by atoms with Gasteiger partial charge in [-0.15, -0.1) is 0 Å². The maximum atomic E-state index is 11.2. The van der Waals surface area contributed by atoms with Gasteiger partial charge in [-0.3, -0.25) is 4.79 Å². The van der Waals surface area contributed by atoms with E-state index in [9.17, 15) is 4.79 Å². The van der Waals surface area contributed by atoms with Crippen LogP contribution in [0.15, 0.2) is 55.1 Å². The average molecular weight is 558 g/mol. The van der Waals surface area contributed by atoms with Gasteiger partial charge < -0.3 is 30.0 Å². The minimum absolute atomic E-state index is 0.0157. The van der Waals surface area contributed by atoms with Gasteiger partial charge in [0.15, 0.2) is 0 Å². The fourth-order valence-electron chi connectivity index (χ4n) is 4.59. The quantitative estimate of drug-likeness (QED) is 0.298. The Hall–Kier alpha value is -4.16. The van der Waals surface area contributed by atoms with Crippen molar-refractivity contribution >= 4 is 28.2 Å². The molecular formula is C32H43N7O2. The summed E-state index contributed by atoms with van der Waals surface area (Å²) in [5.41, 5.74) is 9.35. The first kappa shape index (κ1) is 31.4. The minimum Gasteiger partial charge on any atom is -0.461 e. The summed E-state index contributed by atoms with van der Waals surface area (Å²) in [6.45, 7) is 21.1. The van der Waals surface area contributed by atoms with Crippen molar-refractivity contribution in [3.05, 3.63) is 77.8 Å². The van der Waals surface area contributed by atoms with Crippen LogP contribution in [0.25, 0.3) is 15.6 Å². The van der Waals surface area contributed by atoms with Gasteiger partial charge in [0, 0.05) is 35.3 Å². The summed E-state index contributed by atoms with van der Waals surface area (Å²) in [7, 11) is 4.07. The molecule has 41 heavy (non-hydrogen) atoms. The number of fused-ring (bicyclic) bond motifs is 2. The average Bonchev–Trinajstić information content (AvgIpc) is 2.96. The normalized spacial score (nSPS) is 13.5. The third kappa shape index (κ3) is 7.74. The molecule has 0 aliphatic carbocycles. The molecule has 0 radical (unpaired) electrons. The van der Waals surface area contributed by atoms with E-state index in [1.807, 2.05) is 27.9 Å². The zero-order valence-electron chi connectivity index (χ0n) is 25.2. The highest BCUT2D eigenvalue weighted by atomic mass is 16.5. The van der Waals surface area contributed by atoms with E-state index < -0.39 is 0 Å². The number of rotatable bonds is 9. The number of carbonyl (C=O) groups excluding carboxylic acids is 1. The maximum Gasteiger partial charge on any atom is 0.318 e. The lowest BCUT2D eigenvalue weighted by molar-refractivity contribution is -0.127. The second-order valence-corrected chi connectivity index (χ2v) is 11.0. The smallest absolute Gasteiger partial charge is 0.318 e. The summed E-state index contributed by atoms with van der Waals surface area (Å²) in [4.78, 5) is 29.6. The Kier molecular flexibility index (Phi) is 10.7. The van der Waals surface area contributed by atoms with Crippen LogP contribution in [0.1, 0.15) is 39.0 Å². The minimum atomic E-state index is -0.122. The first-order valence-electron chi connectivity index (χ1n) is 14.0. The number of nitrogen functional groups attached to an aromatic ring is 1. The number of nitrogens with two attached hydrogens (primary N) is 1. The molecule has 1 aromatic heterocycles. The van der Waals surface area contributed by atoms with Crippen LogP contribution in [0.4, 0.5) is 11.5 Å². The molecule has 3 aromatic rings. The standard InChI is InChI=1S/C23H29N5O.C9H14N2O/c1-23(2,27(3)4)15-29-22-25-19-14-28(13-12-18(19)21(24)26-22)20-11-7-9-16-8-5-6-10-17(16)20;1-5-9(12)11(6-2)8(3)7-10-4/h5-11H,12-15H2,1-4H3,(H2,24,25,26);5,8H,1,6-7H2,2-3H3. The van der Waals surface area contributed by atoms with Gasteiger partial charge >= 0.3 is 6.01 Å². The van der Waals surface area contributed by atoms with E-state index in [4.69, 9.17) is 22.0 Å². The summed E-state index contributed by atoms with van der Waals surface area (Å²) < 4.78 is 5.93. The van der Waals surface area contributed by atoms with Crippen LogP contribution >= 0.6 is 0 Å². The number of hydrogen-bond donors (Lipinski definition) is 1. The van der Waals surface area contributed by atoms with Gasteiger partial charge in [-0.25, -0.2) is 6.57 Å². The van der Waals surface area contributed by atoms with Crippen LogP contribution < -0.4 is 15.4 Å². The number of nitrogens with zero attached hydrogens (tertiary/aromatic N) is 6. The third-order valence-corrected chi connectivity index (χ3v) is 7.63. The van der Waals surface area contributed by atoms with Crippen LogP contribution in [0, 0.1) is 6.57 Å². The SMILES string of the molecule is CN(C)C(C)(C)COc1nc(N)c2c(n1)CN(c1cccc3ccccc13)CC2.[C-]#[N+]CC(C)N(CC)C(=O)C=C. The fourth-order valence-corrected chi connectivity index (χ4v) is 4.59. The molecule has 4 rings (SSSR count). The number of ether oxygens (including phenoxy) is 1. The molecule has 9 nitrogen and oxygen atoms in total. The zero-order valence-corrected chi connectivity index (χ0v) is 25.2. The van der Waals surface area contributed by atoms with E-state index in [1.165, 1.54) is 22.5 Å². The predicted octanol–water partition coefficient (Wildman–Crippen LogP) is 4.82. The van der Waals surface area contributed by atoms with E-state index in [2.05, 4.69) is 82.5 Å². The Morgan fingerprint density at radius 2 is 1.95 bits per heavy atom. The summed E-state index contributed by atoms with van der Waals surface area (Å²) in [6, 6.07) is 15.3. The Labute approximate surface area is 244 Å². The van der Waals surface area contributed by atoms with Crippen molar-refractivity contribution < 1.29 is 9.53 Å². The maximum absolute atomic E-state index is 11.2. The molecule has 0 saturated heterocycles. The Morgan fingerprint density at radius 1 is 1.24 bits per heavy atom. The van der Waals surface area contributed by atoms with Crippen LogP contribution in [-0.2, 0) is 17.8 Å². The topological polar surface area (TPSA) is 92.2 Å². The van der Waals surface area contributed by atoms with Gasteiger partial charge in [0.2, 0.25) is 12.5 Å². The number of likely N-dealkylation sites (N-methyl/N-ethyl adjacent to an activating group) is 2. The lowest BCUT2D eigenvalue weighted by atomic mass is 10.0. The second-order valence-electron chi connectivity index (χ2n) is 11.0. The number of benzene rings is 2. The van der Waals surface area contributed by atoms with Crippen molar-refractivity contribution in [2.24, 2.45) is 0 Å². The van der Waals surface area contributed by atoms with E-state index in [0.717, 1.165) is 24.2 Å². The van der Waals surface area contributed by atoms with Crippen molar-refractivity contribution in [3.8, 4) is 6.01 Å². The molecule has 0 bridgehead atoms. The summed E-state index contributed by atoms with van der Waals surface area (Å²) in [5, 5.41) is 2.50. The molecule has 9 heteroatoms. The molecule has 218 valence electrons. The molecule has 2 N–H and O–H groups in total. The van der Waals surface area contributed by atoms with Gasteiger partial charge in [0.05, 0.1) is 12.2 Å². The zero-order chi connectivity index (χ0) is 30.2. The second kappa shape index (κ2) is 14.0. The van der Waals surface area contributed by atoms with Crippen molar-refractivity contribution in [2.45, 2.75) is 52.2 Å². The Morgan fingerprint density at radius 3 is 2.61 bits per heavy atom. The van der Waals surface area contributed by atoms with Crippen molar-refractivity contribution in [2.75, 3.05) is 51.0 Å². The number of hydrogen-bond acceptors (Lipinski definition) is 7. The van der Waals surface area contributed by atoms with E-state index in [-0.39, 0.29) is 17.5 Å². The Balaban J connectivity index is 0.000000327. The predicted molar refractivity (Wildman–Crippen MR) is 167 cm³/mol. The monoisotopic (exact) mass is 557 g/mol. The van der Waals surface area contributed by atoms with E-state index >= 15 is 0 Å². The van der Waals surface area contributed by atoms with Crippen LogP contribution in [0.3, 0.4) is 0 Å². The van der Waals surface area contributed by atoms with Crippen LogP contribution in [0.5, 0.6) is 6.01 Å². The molecule has 2 heterocycles. The number of anilines is 2.